The number of carbonyl (C=O) groups excluding carboxylic acids is 1. The Morgan fingerprint density at radius 1 is 1.18 bits per heavy atom. The Hall–Kier alpha value is -3.10. The van der Waals surface area contributed by atoms with Gasteiger partial charge in [-0.25, -0.2) is 22.5 Å². The fourth-order valence-electron chi connectivity index (χ4n) is 4.51. The Morgan fingerprint density at radius 3 is 2.65 bits per heavy atom. The second kappa shape index (κ2) is 8.29. The first kappa shape index (κ1) is 22.7. The van der Waals surface area contributed by atoms with E-state index in [9.17, 15) is 17.6 Å². The summed E-state index contributed by atoms with van der Waals surface area (Å²) in [5, 5.41) is 5.99. The summed E-state index contributed by atoms with van der Waals surface area (Å²) in [6, 6.07) is 15.4. The largest absolute Gasteiger partial charge is 0.294 e. The van der Waals surface area contributed by atoms with E-state index in [2.05, 4.69) is 4.98 Å². The zero-order valence-corrected chi connectivity index (χ0v) is 19.9. The summed E-state index contributed by atoms with van der Waals surface area (Å²) in [5.41, 5.74) is 1.82. The third kappa shape index (κ3) is 4.23. The van der Waals surface area contributed by atoms with Gasteiger partial charge >= 0.3 is 0 Å². The molecule has 3 heterocycles. The van der Waals surface area contributed by atoms with Gasteiger partial charge in [0.15, 0.2) is 21.4 Å². The fraction of sp³-hybridized carbons (Fsp3) is 0.240. The van der Waals surface area contributed by atoms with E-state index in [1.807, 2.05) is 31.2 Å². The van der Waals surface area contributed by atoms with E-state index in [0.29, 0.717) is 34.0 Å². The van der Waals surface area contributed by atoms with Crippen LogP contribution in [0.15, 0.2) is 60.8 Å². The van der Waals surface area contributed by atoms with Gasteiger partial charge in [-0.3, -0.25) is 4.79 Å². The number of benzene rings is 2. The Morgan fingerprint density at radius 2 is 1.97 bits per heavy atom. The zero-order chi connectivity index (χ0) is 24.1. The molecule has 0 radical (unpaired) electrons. The molecule has 1 aliphatic rings. The van der Waals surface area contributed by atoms with E-state index in [4.69, 9.17) is 16.7 Å². The number of halogens is 2. The molecule has 1 aliphatic heterocycles. The number of hydrogen-bond donors (Lipinski definition) is 0. The second-order valence-corrected chi connectivity index (χ2v) is 11.7. The number of Topliss-reactive ketones (excluding diaryl/α,β-unsaturated/α-hetero) is 1. The quantitative estimate of drug-likeness (QED) is 0.350. The Bertz CT molecular complexity index is 1530. The molecule has 0 bridgehead atoms. The van der Waals surface area contributed by atoms with E-state index < -0.39 is 21.1 Å². The van der Waals surface area contributed by atoms with Crippen molar-refractivity contribution in [1.29, 1.82) is 0 Å². The highest BCUT2D eigenvalue weighted by molar-refractivity contribution is 7.91. The molecular weight excluding hydrogens is 477 g/mol. The molecule has 5 rings (SSSR count). The van der Waals surface area contributed by atoms with Crippen molar-refractivity contribution in [2.75, 3.05) is 11.5 Å². The van der Waals surface area contributed by atoms with Crippen LogP contribution in [0.1, 0.15) is 30.1 Å². The molecule has 1 saturated heterocycles. The van der Waals surface area contributed by atoms with Crippen molar-refractivity contribution in [3.63, 3.8) is 0 Å². The minimum atomic E-state index is -3.11. The van der Waals surface area contributed by atoms with Gasteiger partial charge in [-0.15, -0.1) is 0 Å². The maximum absolute atomic E-state index is 13.5. The van der Waals surface area contributed by atoms with Crippen molar-refractivity contribution < 1.29 is 17.6 Å². The van der Waals surface area contributed by atoms with Crippen molar-refractivity contribution in [3.05, 3.63) is 77.2 Å². The molecule has 0 N–H and O–H groups in total. The number of hydrogen-bond acceptors (Lipinski definition) is 5. The topological polar surface area (TPSA) is 81.9 Å². The maximum atomic E-state index is 13.5. The normalized spacial score (nSPS) is 19.5. The summed E-state index contributed by atoms with van der Waals surface area (Å²) in [4.78, 5) is 17.3. The van der Waals surface area contributed by atoms with Crippen molar-refractivity contribution in [2.24, 2.45) is 5.41 Å². The van der Waals surface area contributed by atoms with Gasteiger partial charge < -0.3 is 0 Å². The van der Waals surface area contributed by atoms with Gasteiger partial charge in [-0.2, -0.15) is 5.10 Å². The second-order valence-electron chi connectivity index (χ2n) is 9.06. The average molecular weight is 498 g/mol. The molecule has 2 aromatic heterocycles. The number of rotatable bonds is 5. The highest BCUT2D eigenvalue weighted by Gasteiger charge is 2.40. The van der Waals surface area contributed by atoms with Gasteiger partial charge in [0.1, 0.15) is 11.5 Å². The maximum Gasteiger partial charge on any atom is 0.163 e. The molecule has 6 nitrogen and oxygen atoms in total. The van der Waals surface area contributed by atoms with Crippen LogP contribution in [0.4, 0.5) is 4.39 Å². The first-order chi connectivity index (χ1) is 16.1. The van der Waals surface area contributed by atoms with Gasteiger partial charge in [0.05, 0.1) is 28.2 Å². The van der Waals surface area contributed by atoms with Crippen LogP contribution in [0, 0.1) is 11.2 Å². The number of sulfone groups is 1. The summed E-state index contributed by atoms with van der Waals surface area (Å²) in [7, 11) is -3.11. The molecule has 1 unspecified atom stereocenters. The van der Waals surface area contributed by atoms with E-state index >= 15 is 0 Å². The van der Waals surface area contributed by atoms with Crippen LogP contribution in [0.5, 0.6) is 0 Å². The lowest BCUT2D eigenvalue weighted by Gasteiger charge is -2.20. The molecule has 1 fully saturated rings. The SMILES string of the molecule is CC1(CC(=O)c2ccc3c(-c4ccccc4Cl)nn(-c4ccc(F)cn4)c3c2)CCS(=O)(=O)C1. The van der Waals surface area contributed by atoms with Crippen LogP contribution in [-0.2, 0) is 9.84 Å². The minimum absolute atomic E-state index is 0.0159. The molecule has 34 heavy (non-hydrogen) atoms. The molecule has 4 aromatic rings. The molecular formula is C25H21ClFN3O3S. The monoisotopic (exact) mass is 497 g/mol. The van der Waals surface area contributed by atoms with Crippen LogP contribution < -0.4 is 0 Å². The molecule has 174 valence electrons. The van der Waals surface area contributed by atoms with Crippen molar-refractivity contribution in [2.45, 2.75) is 19.8 Å². The lowest BCUT2D eigenvalue weighted by atomic mass is 9.83. The summed E-state index contributed by atoms with van der Waals surface area (Å²) in [6.07, 6.45) is 1.71. The molecule has 0 saturated carbocycles. The van der Waals surface area contributed by atoms with Crippen molar-refractivity contribution >= 4 is 38.1 Å². The molecule has 2 aromatic carbocycles. The summed E-state index contributed by atoms with van der Waals surface area (Å²) >= 11 is 6.43. The van der Waals surface area contributed by atoms with E-state index in [0.717, 1.165) is 17.1 Å². The van der Waals surface area contributed by atoms with Crippen LogP contribution in [-0.4, -0.2) is 40.5 Å². The third-order valence-electron chi connectivity index (χ3n) is 6.23. The van der Waals surface area contributed by atoms with Crippen LogP contribution in [0.3, 0.4) is 0 Å². The third-order valence-corrected chi connectivity index (χ3v) is 8.53. The molecule has 0 amide bonds. The standard InChI is InChI=1S/C25H21ClFN3O3S/c1-25(10-11-34(32,33)15-25)13-22(31)16-6-8-19-21(12-16)30(23-9-7-17(27)14-28-23)29-24(19)18-4-2-3-5-20(18)26/h2-9,12,14H,10-11,13,15H2,1H3. The molecule has 0 spiro atoms. The number of fused-ring (bicyclic) bond motifs is 1. The average Bonchev–Trinajstić information content (AvgIpc) is 3.30. The zero-order valence-electron chi connectivity index (χ0n) is 18.3. The Kier molecular flexibility index (Phi) is 5.53. The summed E-state index contributed by atoms with van der Waals surface area (Å²) in [6.45, 7) is 1.84. The fourth-order valence-corrected chi connectivity index (χ4v) is 7.00. The van der Waals surface area contributed by atoms with Crippen LogP contribution in [0.2, 0.25) is 5.02 Å². The minimum Gasteiger partial charge on any atom is -0.294 e. The molecule has 0 aliphatic carbocycles. The first-order valence-electron chi connectivity index (χ1n) is 10.8. The van der Waals surface area contributed by atoms with Crippen molar-refractivity contribution in [1.82, 2.24) is 14.8 Å². The predicted octanol–water partition coefficient (Wildman–Crippen LogP) is 5.28. The number of carbonyl (C=O) groups is 1. The highest BCUT2D eigenvalue weighted by atomic mass is 35.5. The van der Waals surface area contributed by atoms with Crippen LogP contribution in [0.25, 0.3) is 28.0 Å². The van der Waals surface area contributed by atoms with Gasteiger partial charge in [0.25, 0.3) is 0 Å². The number of ketones is 1. The van der Waals surface area contributed by atoms with Gasteiger partial charge in [0.2, 0.25) is 0 Å². The number of aromatic nitrogens is 3. The predicted molar refractivity (Wildman–Crippen MR) is 130 cm³/mol. The lowest BCUT2D eigenvalue weighted by molar-refractivity contribution is 0.0934. The van der Waals surface area contributed by atoms with Gasteiger partial charge in [0, 0.05) is 22.9 Å². The molecule has 9 heteroatoms. The van der Waals surface area contributed by atoms with Crippen molar-refractivity contribution in [3.8, 4) is 17.1 Å². The van der Waals surface area contributed by atoms with E-state index in [-0.39, 0.29) is 23.7 Å². The van der Waals surface area contributed by atoms with Gasteiger partial charge in [-0.05, 0) is 42.2 Å². The number of nitrogens with zero attached hydrogens (tertiary/aromatic N) is 3. The summed E-state index contributed by atoms with van der Waals surface area (Å²) < 4.78 is 39.0. The first-order valence-corrected chi connectivity index (χ1v) is 13.0. The highest BCUT2D eigenvalue weighted by Crippen LogP contribution is 2.38. The molecule has 1 atom stereocenters. The Labute approximate surface area is 201 Å². The Balaban J connectivity index is 1.62. The van der Waals surface area contributed by atoms with Crippen LogP contribution >= 0.6 is 11.6 Å². The van der Waals surface area contributed by atoms with Gasteiger partial charge in [-0.1, -0.05) is 42.8 Å². The smallest absolute Gasteiger partial charge is 0.163 e. The lowest BCUT2D eigenvalue weighted by Crippen LogP contribution is -2.22. The summed E-state index contributed by atoms with van der Waals surface area (Å²) in [5.74, 6) is -0.0897. The number of pyridine rings is 1. The van der Waals surface area contributed by atoms with E-state index in [1.54, 1.807) is 22.9 Å². The van der Waals surface area contributed by atoms with E-state index in [1.165, 1.54) is 12.1 Å².